The van der Waals surface area contributed by atoms with Crippen LogP contribution in [0.25, 0.3) is 22.8 Å². The Morgan fingerprint density at radius 2 is 1.49 bits per heavy atom. The van der Waals surface area contributed by atoms with Crippen LogP contribution in [0.5, 0.6) is 5.75 Å². The van der Waals surface area contributed by atoms with Gasteiger partial charge in [0.05, 0.1) is 12.2 Å². The van der Waals surface area contributed by atoms with Crippen molar-refractivity contribution in [2.75, 3.05) is 11.4 Å². The van der Waals surface area contributed by atoms with Crippen molar-refractivity contribution in [1.82, 2.24) is 15.0 Å². The molecule has 0 aliphatic rings. The molecule has 0 amide bonds. The number of ether oxygens (including phenoxy) is 2. The third-order valence-corrected chi connectivity index (χ3v) is 6.25. The first kappa shape index (κ1) is 29.3. The Labute approximate surface area is 240 Å². The van der Waals surface area contributed by atoms with E-state index < -0.39 is 11.9 Å². The summed E-state index contributed by atoms with van der Waals surface area (Å²) >= 11 is 0. The molecule has 0 fully saturated rings. The number of aryl methyl sites for hydroxylation is 1. The first-order chi connectivity index (χ1) is 19.5. The van der Waals surface area contributed by atoms with E-state index in [2.05, 4.69) is 15.1 Å². The number of benzene rings is 3. The summed E-state index contributed by atoms with van der Waals surface area (Å²) in [4.78, 5) is 28.8. The van der Waals surface area contributed by atoms with Gasteiger partial charge in [-0.3, -0.25) is 0 Å². The lowest BCUT2D eigenvalue weighted by Gasteiger charge is -2.24. The summed E-state index contributed by atoms with van der Waals surface area (Å²) in [5, 5.41) is 20.3. The van der Waals surface area contributed by atoms with Gasteiger partial charge in [-0.25, -0.2) is 9.59 Å². The Balaban J connectivity index is 1.60. The van der Waals surface area contributed by atoms with Crippen molar-refractivity contribution in [1.29, 1.82) is 0 Å². The topological polar surface area (TPSA) is 107 Å². The molecule has 41 heavy (non-hydrogen) atoms. The molecule has 9 nitrogen and oxygen atoms in total. The lowest BCUT2D eigenvalue weighted by molar-refractivity contribution is -0.150. The van der Waals surface area contributed by atoms with Crippen LogP contribution in [-0.4, -0.2) is 50.8 Å². The average Bonchev–Trinajstić information content (AvgIpc) is 3.35. The average molecular weight is 557 g/mol. The maximum Gasteiger partial charge on any atom is 0.345 e. The van der Waals surface area contributed by atoms with Gasteiger partial charge in [0.2, 0.25) is 0 Å². The summed E-state index contributed by atoms with van der Waals surface area (Å²) in [5.41, 5.74) is 5.12. The number of hydrogen-bond acceptors (Lipinski definition) is 8. The number of nitrogens with zero attached hydrogens (tertiary/aromatic N) is 4. The fourth-order valence-corrected chi connectivity index (χ4v) is 4.37. The Morgan fingerprint density at radius 1 is 0.927 bits per heavy atom. The lowest BCUT2D eigenvalue weighted by atomic mass is 10.1. The van der Waals surface area contributed by atoms with Gasteiger partial charge in [0.1, 0.15) is 28.0 Å². The molecule has 0 bridgehead atoms. The number of esters is 2. The van der Waals surface area contributed by atoms with E-state index in [4.69, 9.17) is 9.47 Å². The Hall–Kier alpha value is -4.66. The summed E-state index contributed by atoms with van der Waals surface area (Å²) in [5.74, 6) is -1.34. The second-order valence-corrected chi connectivity index (χ2v) is 10.3. The van der Waals surface area contributed by atoms with Crippen molar-refractivity contribution in [3.05, 3.63) is 82.9 Å². The number of phenolic OH excluding ortho intramolecular Hbond substituents is 1. The summed E-state index contributed by atoms with van der Waals surface area (Å²) in [6.45, 7) is 12.0. The number of aromatic hydroxyl groups is 1. The summed E-state index contributed by atoms with van der Waals surface area (Å²) in [7, 11) is 0. The number of fused-ring (bicyclic) bond motifs is 1. The van der Waals surface area contributed by atoms with E-state index in [1.165, 1.54) is 10.9 Å². The van der Waals surface area contributed by atoms with Gasteiger partial charge in [-0.1, -0.05) is 30.3 Å². The van der Waals surface area contributed by atoms with Gasteiger partial charge in [0, 0.05) is 24.3 Å². The van der Waals surface area contributed by atoms with E-state index in [-0.39, 0.29) is 23.5 Å². The van der Waals surface area contributed by atoms with Gasteiger partial charge in [0.15, 0.2) is 0 Å². The van der Waals surface area contributed by atoms with E-state index in [9.17, 15) is 14.7 Å². The van der Waals surface area contributed by atoms with Gasteiger partial charge in [0.25, 0.3) is 0 Å². The van der Waals surface area contributed by atoms with Crippen LogP contribution in [0.3, 0.4) is 0 Å². The van der Waals surface area contributed by atoms with Crippen LogP contribution < -0.4 is 4.90 Å². The predicted molar refractivity (Wildman–Crippen MR) is 159 cm³/mol. The number of phenols is 1. The fourth-order valence-electron chi connectivity index (χ4n) is 4.37. The van der Waals surface area contributed by atoms with Crippen LogP contribution in [0.2, 0.25) is 0 Å². The minimum Gasteiger partial charge on any atom is -0.505 e. The van der Waals surface area contributed by atoms with Gasteiger partial charge < -0.3 is 19.5 Å². The summed E-state index contributed by atoms with van der Waals surface area (Å²) in [6, 6.07) is 18.8. The maximum atomic E-state index is 12.6. The van der Waals surface area contributed by atoms with Crippen molar-refractivity contribution < 1.29 is 24.2 Å². The molecule has 0 aliphatic carbocycles. The molecule has 9 heteroatoms. The molecule has 3 aromatic carbocycles. The minimum atomic E-state index is -0.727. The molecule has 0 atom stereocenters. The third kappa shape index (κ3) is 7.11. The van der Waals surface area contributed by atoms with E-state index >= 15 is 0 Å². The van der Waals surface area contributed by atoms with Crippen LogP contribution in [0, 0.1) is 6.92 Å². The second kappa shape index (κ2) is 12.7. The summed E-state index contributed by atoms with van der Waals surface area (Å²) in [6.07, 6.45) is 0.731. The Kier molecular flexibility index (Phi) is 9.07. The van der Waals surface area contributed by atoms with Gasteiger partial charge in [-0.15, -0.1) is 15.0 Å². The molecule has 214 valence electrons. The number of aromatic nitrogens is 3. The van der Waals surface area contributed by atoms with Crippen LogP contribution >= 0.6 is 0 Å². The third-order valence-electron chi connectivity index (χ3n) is 6.25. The largest absolute Gasteiger partial charge is 0.505 e. The van der Waals surface area contributed by atoms with Crippen molar-refractivity contribution in [3.8, 4) is 11.4 Å². The molecule has 0 saturated carbocycles. The molecule has 1 heterocycles. The second-order valence-electron chi connectivity index (χ2n) is 10.3. The van der Waals surface area contributed by atoms with Gasteiger partial charge >= 0.3 is 11.9 Å². The highest BCUT2D eigenvalue weighted by Crippen LogP contribution is 2.30. The fraction of sp³-hybridized carbons (Fsp3) is 0.312. The predicted octanol–water partition coefficient (Wildman–Crippen LogP) is 5.75. The van der Waals surface area contributed by atoms with Crippen molar-refractivity contribution >= 4 is 34.7 Å². The quantitative estimate of drug-likeness (QED) is 0.114. The minimum absolute atomic E-state index is 0.117. The van der Waals surface area contributed by atoms with Crippen LogP contribution in [0.4, 0.5) is 5.69 Å². The SMILES string of the molecule is CCN(Cc1cc(C)cc(-n2nc3ccccc3n2)c1O)c1ccc(C=C(C(=O)OC(C)C)C(=O)OC(C)C)cc1. The first-order valence-electron chi connectivity index (χ1n) is 13.7. The summed E-state index contributed by atoms with van der Waals surface area (Å²) < 4.78 is 10.5. The number of anilines is 1. The molecule has 0 radical (unpaired) electrons. The Morgan fingerprint density at radius 3 is 2.00 bits per heavy atom. The normalized spacial score (nSPS) is 11.1. The van der Waals surface area contributed by atoms with Crippen molar-refractivity contribution in [3.63, 3.8) is 0 Å². The van der Waals surface area contributed by atoms with E-state index in [0.29, 0.717) is 24.3 Å². The molecule has 1 N–H and O–H groups in total. The van der Waals surface area contributed by atoms with Gasteiger partial charge in [-0.2, -0.15) is 0 Å². The monoisotopic (exact) mass is 556 g/mol. The zero-order valence-electron chi connectivity index (χ0n) is 24.3. The molecule has 0 spiro atoms. The van der Waals surface area contributed by atoms with Crippen LogP contribution in [0.1, 0.15) is 51.3 Å². The van der Waals surface area contributed by atoms with E-state index in [0.717, 1.165) is 27.8 Å². The zero-order valence-corrected chi connectivity index (χ0v) is 24.3. The van der Waals surface area contributed by atoms with Crippen LogP contribution in [-0.2, 0) is 25.6 Å². The molecular weight excluding hydrogens is 520 g/mol. The van der Waals surface area contributed by atoms with Gasteiger partial charge in [-0.05, 0) is 89.1 Å². The lowest BCUT2D eigenvalue weighted by Crippen LogP contribution is -2.23. The van der Waals surface area contributed by atoms with E-state index in [1.54, 1.807) is 27.7 Å². The molecule has 0 saturated heterocycles. The smallest absolute Gasteiger partial charge is 0.345 e. The number of carbonyl (C=O) groups is 2. The number of rotatable bonds is 10. The molecule has 4 aromatic rings. The van der Waals surface area contributed by atoms with Crippen molar-refractivity contribution in [2.45, 2.75) is 60.3 Å². The highest BCUT2D eigenvalue weighted by molar-refractivity contribution is 6.17. The Bertz CT molecular complexity index is 1510. The van der Waals surface area contributed by atoms with E-state index in [1.807, 2.05) is 74.5 Å². The molecular formula is C32H36N4O5. The highest BCUT2D eigenvalue weighted by atomic mass is 16.6. The van der Waals surface area contributed by atoms with Crippen LogP contribution in [0.15, 0.2) is 66.2 Å². The number of hydrogen-bond donors (Lipinski definition) is 1. The number of carbonyl (C=O) groups excluding carboxylic acids is 2. The molecule has 0 aliphatic heterocycles. The highest BCUT2D eigenvalue weighted by Gasteiger charge is 2.23. The molecule has 4 rings (SSSR count). The first-order valence-corrected chi connectivity index (χ1v) is 13.7. The van der Waals surface area contributed by atoms with Crippen molar-refractivity contribution in [2.24, 2.45) is 0 Å². The molecule has 0 unspecified atom stereocenters. The zero-order chi connectivity index (χ0) is 29.7. The molecule has 1 aromatic heterocycles. The standard InChI is InChI=1S/C32H36N4O5/c1-7-35(19-24-16-22(6)17-29(30(24)37)36-33-27-10-8-9-11-28(27)34-36)25-14-12-23(13-15-25)18-26(31(38)40-20(2)3)32(39)41-21(4)5/h8-18,20-21,37H,7,19H2,1-6H3. The maximum absolute atomic E-state index is 12.6.